The summed E-state index contributed by atoms with van der Waals surface area (Å²) in [6.45, 7) is 3.71. The molecule has 0 aromatic heterocycles. The SMILES string of the molecule is CC1O[C@@H](C)[C@H](c2ccccc2F)O1. The summed E-state index contributed by atoms with van der Waals surface area (Å²) in [4.78, 5) is 0. The number of hydrogen-bond donors (Lipinski definition) is 0. The lowest BCUT2D eigenvalue weighted by molar-refractivity contribution is -0.0497. The van der Waals surface area contributed by atoms with Crippen molar-refractivity contribution in [2.45, 2.75) is 32.3 Å². The van der Waals surface area contributed by atoms with E-state index >= 15 is 0 Å². The number of halogens is 1. The highest BCUT2D eigenvalue weighted by atomic mass is 19.1. The molecule has 0 bridgehead atoms. The fourth-order valence-corrected chi connectivity index (χ4v) is 1.75. The number of hydrogen-bond acceptors (Lipinski definition) is 2. The quantitative estimate of drug-likeness (QED) is 0.687. The van der Waals surface area contributed by atoms with Crippen LogP contribution in [0.15, 0.2) is 24.3 Å². The van der Waals surface area contributed by atoms with Crippen molar-refractivity contribution in [2.24, 2.45) is 0 Å². The van der Waals surface area contributed by atoms with E-state index in [2.05, 4.69) is 0 Å². The van der Waals surface area contributed by atoms with Gasteiger partial charge >= 0.3 is 0 Å². The topological polar surface area (TPSA) is 18.5 Å². The first-order valence-corrected chi connectivity index (χ1v) is 4.74. The van der Waals surface area contributed by atoms with Crippen LogP contribution in [0.1, 0.15) is 25.5 Å². The van der Waals surface area contributed by atoms with Crippen LogP contribution < -0.4 is 0 Å². The molecule has 76 valence electrons. The average Bonchev–Trinajstić information content (AvgIpc) is 2.46. The molecule has 0 saturated carbocycles. The Hall–Kier alpha value is -0.930. The van der Waals surface area contributed by atoms with E-state index in [1.807, 2.05) is 13.8 Å². The number of benzene rings is 1. The summed E-state index contributed by atoms with van der Waals surface area (Å²) in [5, 5.41) is 0. The average molecular weight is 196 g/mol. The smallest absolute Gasteiger partial charge is 0.156 e. The highest BCUT2D eigenvalue weighted by Gasteiger charge is 2.32. The molecule has 3 atom stereocenters. The van der Waals surface area contributed by atoms with Crippen LogP contribution >= 0.6 is 0 Å². The molecule has 1 aromatic carbocycles. The Kier molecular flexibility index (Phi) is 2.52. The zero-order valence-corrected chi connectivity index (χ0v) is 8.24. The third-order valence-corrected chi connectivity index (χ3v) is 2.38. The summed E-state index contributed by atoms with van der Waals surface area (Å²) >= 11 is 0. The summed E-state index contributed by atoms with van der Waals surface area (Å²) in [6.07, 6.45) is -0.636. The predicted molar refractivity (Wildman–Crippen MR) is 50.2 cm³/mol. The number of rotatable bonds is 1. The van der Waals surface area contributed by atoms with Crippen LogP contribution in [0, 0.1) is 5.82 Å². The van der Waals surface area contributed by atoms with Crippen LogP contribution in [0.4, 0.5) is 4.39 Å². The molecular formula is C11H13FO2. The Labute approximate surface area is 82.6 Å². The van der Waals surface area contributed by atoms with Gasteiger partial charge in [0.25, 0.3) is 0 Å². The maximum absolute atomic E-state index is 13.4. The van der Waals surface area contributed by atoms with E-state index in [4.69, 9.17) is 9.47 Å². The van der Waals surface area contributed by atoms with E-state index in [0.29, 0.717) is 5.56 Å². The van der Waals surface area contributed by atoms with Crippen LogP contribution in [0.5, 0.6) is 0 Å². The van der Waals surface area contributed by atoms with Gasteiger partial charge in [0.1, 0.15) is 11.9 Å². The van der Waals surface area contributed by atoms with Gasteiger partial charge in [0.15, 0.2) is 6.29 Å². The summed E-state index contributed by atoms with van der Waals surface area (Å²) in [7, 11) is 0. The minimum absolute atomic E-state index is 0.0955. The van der Waals surface area contributed by atoms with Crippen molar-refractivity contribution in [3.8, 4) is 0 Å². The van der Waals surface area contributed by atoms with E-state index < -0.39 is 0 Å². The van der Waals surface area contributed by atoms with Crippen molar-refractivity contribution < 1.29 is 13.9 Å². The Bertz CT molecular complexity index is 327. The first-order chi connectivity index (χ1) is 6.68. The Morgan fingerprint density at radius 1 is 1.14 bits per heavy atom. The van der Waals surface area contributed by atoms with Gasteiger partial charge in [0, 0.05) is 5.56 Å². The van der Waals surface area contributed by atoms with Crippen molar-refractivity contribution >= 4 is 0 Å². The summed E-state index contributed by atoms with van der Waals surface area (Å²) in [5.41, 5.74) is 0.573. The minimum Gasteiger partial charge on any atom is -0.347 e. The molecule has 0 radical (unpaired) electrons. The molecule has 0 spiro atoms. The Morgan fingerprint density at radius 3 is 2.43 bits per heavy atom. The van der Waals surface area contributed by atoms with E-state index in [1.165, 1.54) is 6.07 Å². The third-order valence-electron chi connectivity index (χ3n) is 2.38. The molecule has 3 heteroatoms. The molecule has 0 aliphatic carbocycles. The maximum atomic E-state index is 13.4. The molecule has 1 heterocycles. The largest absolute Gasteiger partial charge is 0.347 e. The van der Waals surface area contributed by atoms with Gasteiger partial charge < -0.3 is 9.47 Å². The fraction of sp³-hybridized carbons (Fsp3) is 0.455. The lowest BCUT2D eigenvalue weighted by Gasteiger charge is -2.13. The van der Waals surface area contributed by atoms with E-state index in [-0.39, 0.29) is 24.3 Å². The molecule has 1 aromatic rings. The molecule has 2 nitrogen and oxygen atoms in total. The standard InChI is InChI=1S/C11H13FO2/c1-7-11(14-8(2)13-7)9-5-3-4-6-10(9)12/h3-8,11H,1-2H3/t7-,8?,11+/m0/s1. The molecular weight excluding hydrogens is 183 g/mol. The van der Waals surface area contributed by atoms with Crippen LogP contribution in [0.2, 0.25) is 0 Å². The molecule has 14 heavy (non-hydrogen) atoms. The van der Waals surface area contributed by atoms with Crippen molar-refractivity contribution in [1.82, 2.24) is 0 Å². The zero-order chi connectivity index (χ0) is 10.1. The predicted octanol–water partition coefficient (Wildman–Crippen LogP) is 2.65. The highest BCUT2D eigenvalue weighted by molar-refractivity contribution is 5.21. The highest BCUT2D eigenvalue weighted by Crippen LogP contribution is 2.33. The van der Waals surface area contributed by atoms with Crippen LogP contribution in [0.25, 0.3) is 0 Å². The van der Waals surface area contributed by atoms with Crippen LogP contribution in [-0.4, -0.2) is 12.4 Å². The minimum atomic E-state index is -0.286. The van der Waals surface area contributed by atoms with Crippen molar-refractivity contribution in [2.75, 3.05) is 0 Å². The molecule has 0 amide bonds. The summed E-state index contributed by atoms with van der Waals surface area (Å²) in [6, 6.07) is 6.65. The van der Waals surface area contributed by atoms with Crippen LogP contribution in [0.3, 0.4) is 0 Å². The van der Waals surface area contributed by atoms with Gasteiger partial charge in [-0.1, -0.05) is 18.2 Å². The van der Waals surface area contributed by atoms with Gasteiger partial charge in [0.2, 0.25) is 0 Å². The van der Waals surface area contributed by atoms with Crippen LogP contribution in [-0.2, 0) is 9.47 Å². The first-order valence-electron chi connectivity index (χ1n) is 4.74. The molecule has 1 unspecified atom stereocenters. The maximum Gasteiger partial charge on any atom is 0.156 e. The van der Waals surface area contributed by atoms with E-state index in [0.717, 1.165) is 0 Å². The van der Waals surface area contributed by atoms with Gasteiger partial charge in [-0.3, -0.25) is 0 Å². The van der Waals surface area contributed by atoms with Gasteiger partial charge in [-0.25, -0.2) is 4.39 Å². The Morgan fingerprint density at radius 2 is 1.86 bits per heavy atom. The molecule has 0 N–H and O–H groups in total. The third kappa shape index (κ3) is 1.65. The van der Waals surface area contributed by atoms with E-state index in [1.54, 1.807) is 18.2 Å². The molecule has 1 fully saturated rings. The van der Waals surface area contributed by atoms with Gasteiger partial charge in [-0.05, 0) is 19.9 Å². The lowest BCUT2D eigenvalue weighted by Crippen LogP contribution is -2.11. The van der Waals surface area contributed by atoms with Crippen molar-refractivity contribution in [3.05, 3.63) is 35.6 Å². The lowest BCUT2D eigenvalue weighted by atomic mass is 10.1. The summed E-state index contributed by atoms with van der Waals surface area (Å²) in [5.74, 6) is -0.234. The monoisotopic (exact) mass is 196 g/mol. The molecule has 1 aliphatic heterocycles. The second-order valence-electron chi connectivity index (χ2n) is 3.49. The van der Waals surface area contributed by atoms with Gasteiger partial charge in [-0.15, -0.1) is 0 Å². The van der Waals surface area contributed by atoms with E-state index in [9.17, 15) is 4.39 Å². The molecule has 2 rings (SSSR count). The van der Waals surface area contributed by atoms with Crippen molar-refractivity contribution in [3.63, 3.8) is 0 Å². The Balaban J connectivity index is 2.27. The number of ether oxygens (including phenoxy) is 2. The van der Waals surface area contributed by atoms with Crippen molar-refractivity contribution in [1.29, 1.82) is 0 Å². The fourth-order valence-electron chi connectivity index (χ4n) is 1.75. The summed E-state index contributed by atoms with van der Waals surface area (Å²) < 4.78 is 24.3. The molecule has 1 saturated heterocycles. The van der Waals surface area contributed by atoms with Gasteiger partial charge in [-0.2, -0.15) is 0 Å². The second-order valence-corrected chi connectivity index (χ2v) is 3.49. The first kappa shape index (κ1) is 9.62. The zero-order valence-electron chi connectivity index (χ0n) is 8.24. The van der Waals surface area contributed by atoms with Gasteiger partial charge in [0.05, 0.1) is 6.10 Å². The normalized spacial score (nSPS) is 32.1. The molecule has 1 aliphatic rings. The second kappa shape index (κ2) is 3.67.